The SMILES string of the molecule is Cc1nn(C)c(Cl)c1Cn1nc(C)c(CNC(C)C)c1C. The normalized spacial score (nSPS) is 11.6. The van der Waals surface area contributed by atoms with Crippen molar-refractivity contribution in [3.05, 3.63) is 33.4 Å². The molecule has 0 amide bonds. The topological polar surface area (TPSA) is 47.7 Å². The van der Waals surface area contributed by atoms with Gasteiger partial charge in [-0.3, -0.25) is 9.36 Å². The quantitative estimate of drug-likeness (QED) is 0.924. The summed E-state index contributed by atoms with van der Waals surface area (Å²) < 4.78 is 3.72. The Bertz CT molecular complexity index is 639. The molecule has 5 nitrogen and oxygen atoms in total. The Morgan fingerprint density at radius 1 is 1.10 bits per heavy atom. The Morgan fingerprint density at radius 2 is 1.71 bits per heavy atom. The van der Waals surface area contributed by atoms with Crippen molar-refractivity contribution in [2.45, 2.75) is 53.8 Å². The second kappa shape index (κ2) is 6.20. The molecule has 2 rings (SSSR count). The van der Waals surface area contributed by atoms with Gasteiger partial charge in [0.05, 0.1) is 17.9 Å². The molecule has 0 aliphatic rings. The molecule has 0 saturated carbocycles. The lowest BCUT2D eigenvalue weighted by Crippen LogP contribution is -2.22. The first kappa shape index (κ1) is 16.0. The van der Waals surface area contributed by atoms with Crippen molar-refractivity contribution in [3.63, 3.8) is 0 Å². The fourth-order valence-electron chi connectivity index (χ4n) is 2.45. The van der Waals surface area contributed by atoms with E-state index in [9.17, 15) is 0 Å². The Hall–Kier alpha value is -1.33. The van der Waals surface area contributed by atoms with Crippen LogP contribution in [-0.4, -0.2) is 25.6 Å². The van der Waals surface area contributed by atoms with Gasteiger partial charge >= 0.3 is 0 Å². The Kier molecular flexibility index (Phi) is 4.74. The summed E-state index contributed by atoms with van der Waals surface area (Å²) in [7, 11) is 1.86. The van der Waals surface area contributed by atoms with Crippen LogP contribution < -0.4 is 5.32 Å². The number of hydrogen-bond acceptors (Lipinski definition) is 3. The molecule has 0 atom stereocenters. The molecule has 2 aromatic heterocycles. The van der Waals surface area contributed by atoms with Gasteiger partial charge in [0.25, 0.3) is 0 Å². The summed E-state index contributed by atoms with van der Waals surface area (Å²) in [5, 5.41) is 13.1. The monoisotopic (exact) mass is 309 g/mol. The van der Waals surface area contributed by atoms with Gasteiger partial charge in [-0.15, -0.1) is 0 Å². The summed E-state index contributed by atoms with van der Waals surface area (Å²) in [6.45, 7) is 11.9. The summed E-state index contributed by atoms with van der Waals surface area (Å²) in [5.41, 5.74) is 5.50. The lowest BCUT2D eigenvalue weighted by molar-refractivity contribution is 0.584. The maximum absolute atomic E-state index is 6.31. The molecule has 0 spiro atoms. The van der Waals surface area contributed by atoms with E-state index >= 15 is 0 Å². The van der Waals surface area contributed by atoms with Gasteiger partial charge in [0, 0.05) is 36.5 Å². The van der Waals surface area contributed by atoms with Crippen LogP contribution >= 0.6 is 11.6 Å². The van der Waals surface area contributed by atoms with E-state index in [0.29, 0.717) is 17.7 Å². The number of hydrogen-bond donors (Lipinski definition) is 1. The van der Waals surface area contributed by atoms with Gasteiger partial charge < -0.3 is 5.32 Å². The van der Waals surface area contributed by atoms with Crippen LogP contribution in [0.2, 0.25) is 5.15 Å². The zero-order chi connectivity index (χ0) is 15.7. The Balaban J connectivity index is 2.27. The van der Waals surface area contributed by atoms with Crippen LogP contribution in [0.4, 0.5) is 0 Å². The van der Waals surface area contributed by atoms with Crippen LogP contribution in [0.3, 0.4) is 0 Å². The summed E-state index contributed by atoms with van der Waals surface area (Å²) in [6, 6.07) is 0.460. The molecule has 21 heavy (non-hydrogen) atoms. The van der Waals surface area contributed by atoms with Gasteiger partial charge in [0.1, 0.15) is 5.15 Å². The molecule has 2 aromatic rings. The Morgan fingerprint density at radius 3 is 2.24 bits per heavy atom. The van der Waals surface area contributed by atoms with Gasteiger partial charge in [0.15, 0.2) is 0 Å². The second-order valence-electron chi connectivity index (χ2n) is 5.82. The molecule has 0 bridgehead atoms. The predicted octanol–water partition coefficient (Wildman–Crippen LogP) is 2.74. The first-order valence-corrected chi connectivity index (χ1v) is 7.63. The lowest BCUT2D eigenvalue weighted by Gasteiger charge is -2.09. The van der Waals surface area contributed by atoms with E-state index in [1.54, 1.807) is 4.68 Å². The zero-order valence-electron chi connectivity index (χ0n) is 13.7. The van der Waals surface area contributed by atoms with Crippen LogP contribution in [0.1, 0.15) is 42.1 Å². The largest absolute Gasteiger partial charge is 0.310 e. The maximum atomic E-state index is 6.31. The van der Waals surface area contributed by atoms with Gasteiger partial charge in [0.2, 0.25) is 0 Å². The minimum absolute atomic E-state index is 0.460. The number of rotatable bonds is 5. The molecule has 116 valence electrons. The fourth-order valence-corrected chi connectivity index (χ4v) is 2.69. The molecule has 0 aromatic carbocycles. The molecule has 0 saturated heterocycles. The van der Waals surface area contributed by atoms with Gasteiger partial charge in [-0.05, 0) is 20.8 Å². The smallest absolute Gasteiger partial charge is 0.132 e. The molecule has 0 aliphatic heterocycles. The zero-order valence-corrected chi connectivity index (χ0v) is 14.4. The van der Waals surface area contributed by atoms with E-state index < -0.39 is 0 Å². The van der Waals surface area contributed by atoms with E-state index in [1.165, 1.54) is 11.3 Å². The molecular formula is C15H24ClN5. The highest BCUT2D eigenvalue weighted by molar-refractivity contribution is 6.30. The fraction of sp³-hybridized carbons (Fsp3) is 0.600. The molecule has 0 radical (unpaired) electrons. The van der Waals surface area contributed by atoms with Crippen molar-refractivity contribution in [3.8, 4) is 0 Å². The van der Waals surface area contributed by atoms with Gasteiger partial charge in [-0.2, -0.15) is 10.2 Å². The summed E-state index contributed by atoms with van der Waals surface area (Å²) in [5.74, 6) is 0. The number of aryl methyl sites for hydroxylation is 3. The minimum Gasteiger partial charge on any atom is -0.310 e. The van der Waals surface area contributed by atoms with E-state index in [0.717, 1.165) is 23.5 Å². The molecular weight excluding hydrogens is 286 g/mol. The molecule has 0 fully saturated rings. The average molecular weight is 310 g/mol. The summed E-state index contributed by atoms with van der Waals surface area (Å²) >= 11 is 6.31. The molecule has 0 unspecified atom stereocenters. The number of nitrogens with one attached hydrogen (secondary N) is 1. The van der Waals surface area contributed by atoms with E-state index in [-0.39, 0.29) is 0 Å². The third kappa shape index (κ3) is 3.30. The van der Waals surface area contributed by atoms with Gasteiger partial charge in [-0.25, -0.2) is 0 Å². The average Bonchev–Trinajstić information content (AvgIpc) is 2.79. The van der Waals surface area contributed by atoms with E-state index in [1.807, 2.05) is 18.7 Å². The van der Waals surface area contributed by atoms with Crippen LogP contribution in [-0.2, 0) is 20.1 Å². The van der Waals surface area contributed by atoms with Gasteiger partial charge in [-0.1, -0.05) is 25.4 Å². The van der Waals surface area contributed by atoms with Crippen molar-refractivity contribution in [2.24, 2.45) is 7.05 Å². The number of aromatic nitrogens is 4. The van der Waals surface area contributed by atoms with Crippen LogP contribution in [0.5, 0.6) is 0 Å². The predicted molar refractivity (Wildman–Crippen MR) is 85.7 cm³/mol. The molecule has 2 heterocycles. The number of nitrogens with zero attached hydrogens (tertiary/aromatic N) is 4. The van der Waals surface area contributed by atoms with E-state index in [4.69, 9.17) is 11.6 Å². The summed E-state index contributed by atoms with van der Waals surface area (Å²) in [4.78, 5) is 0. The van der Waals surface area contributed by atoms with Crippen molar-refractivity contribution >= 4 is 11.6 Å². The van der Waals surface area contributed by atoms with Crippen molar-refractivity contribution in [2.75, 3.05) is 0 Å². The Labute approximate surface area is 131 Å². The first-order valence-electron chi connectivity index (χ1n) is 7.25. The van der Waals surface area contributed by atoms with Crippen molar-refractivity contribution < 1.29 is 0 Å². The van der Waals surface area contributed by atoms with Crippen LogP contribution in [0, 0.1) is 20.8 Å². The molecule has 6 heteroatoms. The van der Waals surface area contributed by atoms with Crippen molar-refractivity contribution in [1.29, 1.82) is 0 Å². The highest BCUT2D eigenvalue weighted by Crippen LogP contribution is 2.22. The minimum atomic E-state index is 0.460. The maximum Gasteiger partial charge on any atom is 0.132 e. The number of halogens is 1. The van der Waals surface area contributed by atoms with Crippen LogP contribution in [0.15, 0.2) is 0 Å². The third-order valence-electron chi connectivity index (χ3n) is 3.80. The first-order chi connectivity index (χ1) is 9.81. The van der Waals surface area contributed by atoms with E-state index in [2.05, 4.69) is 43.2 Å². The molecule has 1 N–H and O–H groups in total. The van der Waals surface area contributed by atoms with Crippen LogP contribution in [0.25, 0.3) is 0 Å². The standard InChI is InChI=1S/C15H24ClN5/c1-9(2)17-7-13-10(3)19-21(12(13)5)8-14-11(4)18-20(6)15(14)16/h9,17H,7-8H2,1-6H3. The third-order valence-corrected chi connectivity index (χ3v) is 4.27. The molecule has 0 aliphatic carbocycles. The summed E-state index contributed by atoms with van der Waals surface area (Å²) in [6.07, 6.45) is 0. The second-order valence-corrected chi connectivity index (χ2v) is 6.18. The van der Waals surface area contributed by atoms with Crippen molar-refractivity contribution in [1.82, 2.24) is 24.9 Å². The lowest BCUT2D eigenvalue weighted by atomic mass is 10.2. The highest BCUT2D eigenvalue weighted by atomic mass is 35.5. The highest BCUT2D eigenvalue weighted by Gasteiger charge is 2.16.